The van der Waals surface area contributed by atoms with E-state index in [1.54, 1.807) is 6.07 Å². The Bertz CT molecular complexity index is 1110. The van der Waals surface area contributed by atoms with Crippen LogP contribution in [0.5, 0.6) is 11.5 Å². The zero-order valence-electron chi connectivity index (χ0n) is 14.6. The average Bonchev–Trinajstić information content (AvgIpc) is 2.75. The predicted octanol–water partition coefficient (Wildman–Crippen LogP) is 4.49. The van der Waals surface area contributed by atoms with Crippen LogP contribution in [0.1, 0.15) is 34.8 Å². The first-order chi connectivity index (χ1) is 13.8. The Morgan fingerprint density at radius 1 is 1.07 bits per heavy atom. The molecule has 2 aliphatic rings. The minimum absolute atomic E-state index is 0.236. The van der Waals surface area contributed by atoms with Crippen molar-refractivity contribution in [3.8, 4) is 17.6 Å². The van der Waals surface area contributed by atoms with E-state index in [-0.39, 0.29) is 5.56 Å². The highest BCUT2D eigenvalue weighted by Gasteiger charge is 2.80. The van der Waals surface area contributed by atoms with Crippen LogP contribution in [0, 0.1) is 17.1 Å². The number of nitriles is 1. The molecule has 2 aliphatic carbocycles. The van der Waals surface area contributed by atoms with E-state index in [1.165, 1.54) is 0 Å². The van der Waals surface area contributed by atoms with Crippen molar-refractivity contribution in [3.63, 3.8) is 0 Å². The van der Waals surface area contributed by atoms with Crippen LogP contribution in [-0.4, -0.2) is 22.1 Å². The minimum Gasteiger partial charge on any atom is -0.457 e. The first kappa shape index (κ1) is 20.4. The summed E-state index contributed by atoms with van der Waals surface area (Å²) >= 11 is 0. The standard InChI is InChI=1S/C19H10F7NO3/c20-9-3-8(6-27)4-10(5-9)30-12-2-1-11-14-13(12)15(28)17(21,22)7-16(14,29)19(25,26)18(11,23)24/h1-5,15,28-29H,7H2. The third kappa shape index (κ3) is 2.40. The molecule has 11 heteroatoms. The topological polar surface area (TPSA) is 73.5 Å². The van der Waals surface area contributed by atoms with E-state index in [0.29, 0.717) is 12.1 Å². The molecule has 0 radical (unpaired) electrons. The maximum absolute atomic E-state index is 14.4. The Balaban J connectivity index is 1.97. The highest BCUT2D eigenvalue weighted by Crippen LogP contribution is 2.68. The number of alkyl halides is 6. The Kier molecular flexibility index (Phi) is 3.99. The molecular weight excluding hydrogens is 423 g/mol. The van der Waals surface area contributed by atoms with Crippen molar-refractivity contribution in [1.82, 2.24) is 0 Å². The summed E-state index contributed by atoms with van der Waals surface area (Å²) in [6.07, 6.45) is -5.01. The van der Waals surface area contributed by atoms with Crippen molar-refractivity contribution in [2.75, 3.05) is 0 Å². The van der Waals surface area contributed by atoms with Crippen LogP contribution in [-0.2, 0) is 11.5 Å². The van der Waals surface area contributed by atoms with Crippen molar-refractivity contribution >= 4 is 0 Å². The van der Waals surface area contributed by atoms with E-state index in [4.69, 9.17) is 10.00 Å². The SMILES string of the molecule is N#Cc1cc(F)cc(Oc2ccc3c4c2C(O)C(F)(F)CC4(O)C(F)(F)C3(F)F)c1. The summed E-state index contributed by atoms with van der Waals surface area (Å²) in [5, 5.41) is 29.3. The highest BCUT2D eigenvalue weighted by atomic mass is 19.3. The highest BCUT2D eigenvalue weighted by molar-refractivity contribution is 5.59. The largest absolute Gasteiger partial charge is 0.457 e. The number of aliphatic hydroxyl groups is 2. The van der Waals surface area contributed by atoms with E-state index in [2.05, 4.69) is 0 Å². The Morgan fingerprint density at radius 3 is 2.37 bits per heavy atom. The van der Waals surface area contributed by atoms with Gasteiger partial charge in [-0.2, -0.15) is 22.8 Å². The first-order valence-electron chi connectivity index (χ1n) is 8.36. The fourth-order valence-electron chi connectivity index (χ4n) is 3.92. The second kappa shape index (κ2) is 5.86. The Morgan fingerprint density at radius 2 is 1.73 bits per heavy atom. The second-order valence-corrected chi connectivity index (χ2v) is 7.14. The molecule has 0 bridgehead atoms. The van der Waals surface area contributed by atoms with Crippen molar-refractivity contribution in [2.24, 2.45) is 0 Å². The summed E-state index contributed by atoms with van der Waals surface area (Å²) in [5.74, 6) is -16.9. The Labute approximate surface area is 163 Å². The van der Waals surface area contributed by atoms with Gasteiger partial charge in [0.1, 0.15) is 23.4 Å². The summed E-state index contributed by atoms with van der Waals surface area (Å²) in [7, 11) is 0. The number of ether oxygens (including phenoxy) is 1. The van der Waals surface area contributed by atoms with Gasteiger partial charge in [-0.3, -0.25) is 0 Å². The van der Waals surface area contributed by atoms with Gasteiger partial charge < -0.3 is 14.9 Å². The van der Waals surface area contributed by atoms with E-state index < -0.39 is 69.9 Å². The van der Waals surface area contributed by atoms with Gasteiger partial charge in [-0.25, -0.2) is 13.2 Å². The van der Waals surface area contributed by atoms with Crippen LogP contribution in [0.25, 0.3) is 0 Å². The molecule has 0 heterocycles. The molecule has 0 amide bonds. The molecule has 2 unspecified atom stereocenters. The predicted molar refractivity (Wildman–Crippen MR) is 84.9 cm³/mol. The number of aliphatic hydroxyl groups excluding tert-OH is 1. The fraction of sp³-hybridized carbons (Fsp3) is 0.316. The minimum atomic E-state index is -5.30. The van der Waals surface area contributed by atoms with Crippen LogP contribution in [0.3, 0.4) is 0 Å². The molecule has 4 rings (SSSR count). The lowest BCUT2D eigenvalue weighted by molar-refractivity contribution is -0.308. The number of hydrogen-bond donors (Lipinski definition) is 2. The molecule has 158 valence electrons. The van der Waals surface area contributed by atoms with Crippen molar-refractivity contribution in [3.05, 3.63) is 58.4 Å². The molecule has 0 spiro atoms. The first-order valence-corrected chi connectivity index (χ1v) is 8.36. The molecule has 0 aromatic heterocycles. The monoisotopic (exact) mass is 433 g/mol. The normalized spacial score (nSPS) is 27.3. The molecule has 2 aromatic rings. The lowest BCUT2D eigenvalue weighted by Gasteiger charge is -2.41. The van der Waals surface area contributed by atoms with Gasteiger partial charge in [0.05, 0.1) is 18.1 Å². The van der Waals surface area contributed by atoms with Gasteiger partial charge in [-0.05, 0) is 24.3 Å². The molecule has 4 nitrogen and oxygen atoms in total. The molecule has 0 fully saturated rings. The van der Waals surface area contributed by atoms with Crippen molar-refractivity contribution in [2.45, 2.75) is 35.9 Å². The fourth-order valence-corrected chi connectivity index (χ4v) is 3.92. The van der Waals surface area contributed by atoms with Gasteiger partial charge >= 0.3 is 11.8 Å². The molecule has 2 N–H and O–H groups in total. The summed E-state index contributed by atoms with van der Waals surface area (Å²) in [5.41, 5.74) is -8.07. The number of halogens is 7. The third-order valence-electron chi connectivity index (χ3n) is 5.26. The number of rotatable bonds is 2. The van der Waals surface area contributed by atoms with Gasteiger partial charge in [-0.15, -0.1) is 0 Å². The average molecular weight is 433 g/mol. The lowest BCUT2D eigenvalue weighted by Crippen LogP contribution is -2.54. The molecule has 2 atom stereocenters. The molecule has 0 aliphatic heterocycles. The van der Waals surface area contributed by atoms with Crippen LogP contribution >= 0.6 is 0 Å². The number of hydrogen-bond acceptors (Lipinski definition) is 4. The van der Waals surface area contributed by atoms with Crippen LogP contribution in [0.15, 0.2) is 30.3 Å². The van der Waals surface area contributed by atoms with Crippen LogP contribution in [0.2, 0.25) is 0 Å². The maximum Gasteiger partial charge on any atom is 0.346 e. The molecule has 0 saturated heterocycles. The summed E-state index contributed by atoms with van der Waals surface area (Å²) in [6, 6.07) is 5.22. The van der Waals surface area contributed by atoms with E-state index in [0.717, 1.165) is 18.2 Å². The van der Waals surface area contributed by atoms with Gasteiger partial charge in [0.25, 0.3) is 5.92 Å². The summed E-state index contributed by atoms with van der Waals surface area (Å²) < 4.78 is 105. The van der Waals surface area contributed by atoms with Gasteiger partial charge in [-0.1, -0.05) is 0 Å². The van der Waals surface area contributed by atoms with Crippen LogP contribution in [0.4, 0.5) is 30.7 Å². The number of benzene rings is 2. The second-order valence-electron chi connectivity index (χ2n) is 7.14. The maximum atomic E-state index is 14.4. The molecular formula is C19H10F7NO3. The third-order valence-corrected chi connectivity index (χ3v) is 5.26. The molecule has 0 saturated carbocycles. The lowest BCUT2D eigenvalue weighted by atomic mass is 9.75. The quantitative estimate of drug-likeness (QED) is 0.685. The zero-order valence-corrected chi connectivity index (χ0v) is 14.6. The van der Waals surface area contributed by atoms with Gasteiger partial charge in [0.2, 0.25) is 0 Å². The number of nitrogens with zero attached hydrogens (tertiary/aromatic N) is 1. The van der Waals surface area contributed by atoms with Crippen molar-refractivity contribution in [1.29, 1.82) is 5.26 Å². The summed E-state index contributed by atoms with van der Waals surface area (Å²) in [4.78, 5) is 0. The summed E-state index contributed by atoms with van der Waals surface area (Å²) in [6.45, 7) is 0. The Hall–Kier alpha value is -2.84. The van der Waals surface area contributed by atoms with E-state index in [9.17, 15) is 40.9 Å². The molecule has 30 heavy (non-hydrogen) atoms. The van der Waals surface area contributed by atoms with E-state index in [1.807, 2.05) is 0 Å². The van der Waals surface area contributed by atoms with E-state index >= 15 is 0 Å². The molecule has 2 aromatic carbocycles. The van der Waals surface area contributed by atoms with Crippen molar-refractivity contribution < 1.29 is 45.7 Å². The smallest absolute Gasteiger partial charge is 0.346 e. The zero-order chi connectivity index (χ0) is 22.3. The van der Waals surface area contributed by atoms with Gasteiger partial charge in [0, 0.05) is 22.8 Å². The van der Waals surface area contributed by atoms with Gasteiger partial charge in [0.15, 0.2) is 5.60 Å². The van der Waals surface area contributed by atoms with Crippen LogP contribution < -0.4 is 4.74 Å².